The Balaban J connectivity index is 1.68. The van der Waals surface area contributed by atoms with E-state index in [0.29, 0.717) is 19.0 Å². The van der Waals surface area contributed by atoms with E-state index < -0.39 is 6.04 Å². The smallest absolute Gasteiger partial charge is 0.239 e. The van der Waals surface area contributed by atoms with Gasteiger partial charge in [0.05, 0.1) is 6.04 Å². The second-order valence-corrected chi connectivity index (χ2v) is 7.47. The van der Waals surface area contributed by atoms with Gasteiger partial charge < -0.3 is 21.3 Å². The van der Waals surface area contributed by atoms with Crippen LogP contribution in [0.25, 0.3) is 0 Å². The quantitative estimate of drug-likeness (QED) is 0.621. The van der Waals surface area contributed by atoms with E-state index in [1.807, 2.05) is 11.9 Å². The lowest BCUT2D eigenvalue weighted by molar-refractivity contribution is -0.136. The van der Waals surface area contributed by atoms with Gasteiger partial charge in [0, 0.05) is 39.0 Å². The molecule has 0 bridgehead atoms. The van der Waals surface area contributed by atoms with Crippen LogP contribution in [0, 0.1) is 5.92 Å². The summed E-state index contributed by atoms with van der Waals surface area (Å²) in [5.74, 6) is 0.0937. The first-order valence-corrected chi connectivity index (χ1v) is 9.44. The lowest BCUT2D eigenvalue weighted by Gasteiger charge is -2.38. The average Bonchev–Trinajstić information content (AvgIpc) is 2.52. The molecule has 0 aliphatic heterocycles. The van der Waals surface area contributed by atoms with Crippen LogP contribution in [0.4, 0.5) is 0 Å². The molecule has 0 heterocycles. The number of hydrogen-bond donors (Lipinski definition) is 3. The lowest BCUT2D eigenvalue weighted by Crippen LogP contribution is -2.52. The number of amides is 3. The van der Waals surface area contributed by atoms with Gasteiger partial charge in [-0.2, -0.15) is 0 Å². The molecule has 0 aromatic rings. The number of carbonyl (C=O) groups is 3. The van der Waals surface area contributed by atoms with E-state index in [2.05, 4.69) is 10.6 Å². The third-order valence-corrected chi connectivity index (χ3v) is 5.63. The second kappa shape index (κ2) is 9.17. The Morgan fingerprint density at radius 3 is 2.28 bits per heavy atom. The summed E-state index contributed by atoms with van der Waals surface area (Å²) in [6, 6.07) is 0.0903. The molecule has 2 aliphatic carbocycles. The SMILES string of the molecule is CC(=O)NCCC(=O)NC1CCC([C@H](N)C(=O)N(C)C2CCC2)CC1. The summed E-state index contributed by atoms with van der Waals surface area (Å²) in [6.45, 7) is 1.80. The Morgan fingerprint density at radius 2 is 1.76 bits per heavy atom. The van der Waals surface area contributed by atoms with Gasteiger partial charge in [-0.1, -0.05) is 0 Å². The van der Waals surface area contributed by atoms with Crippen molar-refractivity contribution in [3.05, 3.63) is 0 Å². The fourth-order valence-corrected chi connectivity index (χ4v) is 3.67. The molecule has 2 rings (SSSR count). The maximum absolute atomic E-state index is 12.5. The van der Waals surface area contributed by atoms with Crippen LogP contribution in [0.15, 0.2) is 0 Å². The largest absolute Gasteiger partial charge is 0.356 e. The standard InChI is InChI=1S/C18H32N4O3/c1-12(23)20-11-10-16(24)21-14-8-6-13(7-9-14)17(19)18(25)22(2)15-4-3-5-15/h13-15,17H,3-11,19H2,1-2H3,(H,20,23)(H,21,24)/t13?,14?,17-/m0/s1. The van der Waals surface area contributed by atoms with Crippen LogP contribution < -0.4 is 16.4 Å². The molecule has 3 amide bonds. The molecule has 0 aromatic heterocycles. The molecule has 4 N–H and O–H groups in total. The highest BCUT2D eigenvalue weighted by molar-refractivity contribution is 5.82. The summed E-state index contributed by atoms with van der Waals surface area (Å²) in [6.07, 6.45) is 7.10. The fourth-order valence-electron chi connectivity index (χ4n) is 3.67. The van der Waals surface area contributed by atoms with E-state index in [4.69, 9.17) is 5.73 Å². The topological polar surface area (TPSA) is 105 Å². The number of hydrogen-bond acceptors (Lipinski definition) is 4. The molecule has 2 fully saturated rings. The average molecular weight is 352 g/mol. The van der Waals surface area contributed by atoms with Gasteiger partial charge in [-0.15, -0.1) is 0 Å². The van der Waals surface area contributed by atoms with Crippen LogP contribution in [-0.2, 0) is 14.4 Å². The summed E-state index contributed by atoms with van der Waals surface area (Å²) in [5, 5.41) is 5.63. The van der Waals surface area contributed by atoms with Gasteiger partial charge >= 0.3 is 0 Å². The summed E-state index contributed by atoms with van der Waals surface area (Å²) < 4.78 is 0. The van der Waals surface area contributed by atoms with Crippen LogP contribution >= 0.6 is 0 Å². The van der Waals surface area contributed by atoms with Crippen molar-refractivity contribution in [1.82, 2.24) is 15.5 Å². The summed E-state index contributed by atoms with van der Waals surface area (Å²) in [5.41, 5.74) is 6.23. The summed E-state index contributed by atoms with van der Waals surface area (Å²) in [7, 11) is 1.87. The highest BCUT2D eigenvalue weighted by Crippen LogP contribution is 2.29. The third kappa shape index (κ3) is 5.70. The maximum Gasteiger partial charge on any atom is 0.239 e. The number of carbonyl (C=O) groups excluding carboxylic acids is 3. The number of nitrogens with one attached hydrogen (secondary N) is 2. The molecule has 0 aromatic carbocycles. The van der Waals surface area contributed by atoms with Gasteiger partial charge in [0.25, 0.3) is 0 Å². The van der Waals surface area contributed by atoms with Crippen LogP contribution in [0.1, 0.15) is 58.3 Å². The molecule has 2 saturated carbocycles. The summed E-state index contributed by atoms with van der Waals surface area (Å²) >= 11 is 0. The van der Waals surface area contributed by atoms with Crippen molar-refractivity contribution in [2.75, 3.05) is 13.6 Å². The molecule has 1 atom stereocenters. The molecule has 142 valence electrons. The van der Waals surface area contributed by atoms with Gasteiger partial charge in [-0.05, 0) is 50.9 Å². The van der Waals surface area contributed by atoms with Crippen molar-refractivity contribution in [2.45, 2.75) is 76.4 Å². The Labute approximate surface area is 150 Å². The maximum atomic E-state index is 12.5. The van der Waals surface area contributed by atoms with Crippen molar-refractivity contribution in [3.8, 4) is 0 Å². The normalized spacial score (nSPS) is 24.8. The van der Waals surface area contributed by atoms with Crippen LogP contribution in [-0.4, -0.2) is 54.3 Å². The van der Waals surface area contributed by atoms with E-state index >= 15 is 0 Å². The number of rotatable bonds is 7. The van der Waals surface area contributed by atoms with Crippen molar-refractivity contribution in [3.63, 3.8) is 0 Å². The Morgan fingerprint density at radius 1 is 1.12 bits per heavy atom. The van der Waals surface area contributed by atoms with E-state index in [9.17, 15) is 14.4 Å². The van der Waals surface area contributed by atoms with Crippen molar-refractivity contribution in [2.24, 2.45) is 11.7 Å². The molecular weight excluding hydrogens is 320 g/mol. The van der Waals surface area contributed by atoms with Gasteiger partial charge in [-0.3, -0.25) is 14.4 Å². The monoisotopic (exact) mass is 352 g/mol. The van der Waals surface area contributed by atoms with Crippen LogP contribution in [0.3, 0.4) is 0 Å². The highest BCUT2D eigenvalue weighted by Gasteiger charge is 2.34. The van der Waals surface area contributed by atoms with Gasteiger partial charge in [0.2, 0.25) is 17.7 Å². The lowest BCUT2D eigenvalue weighted by atomic mass is 9.81. The number of nitrogens with two attached hydrogens (primary N) is 1. The summed E-state index contributed by atoms with van der Waals surface area (Å²) in [4.78, 5) is 37.0. The molecule has 7 nitrogen and oxygen atoms in total. The Hall–Kier alpha value is -1.63. The first-order valence-electron chi connectivity index (χ1n) is 9.44. The molecular formula is C18H32N4O3. The van der Waals surface area contributed by atoms with E-state index in [1.54, 1.807) is 0 Å². The van der Waals surface area contributed by atoms with Crippen molar-refractivity contribution in [1.29, 1.82) is 0 Å². The van der Waals surface area contributed by atoms with Gasteiger partial charge in [-0.25, -0.2) is 0 Å². The van der Waals surface area contributed by atoms with Gasteiger partial charge in [0.15, 0.2) is 0 Å². The predicted octanol–water partition coefficient (Wildman–Crippen LogP) is 0.526. The van der Waals surface area contributed by atoms with Crippen LogP contribution in [0.5, 0.6) is 0 Å². The molecule has 0 radical (unpaired) electrons. The zero-order valence-electron chi connectivity index (χ0n) is 15.4. The molecule has 2 aliphatic rings. The molecule has 7 heteroatoms. The van der Waals surface area contributed by atoms with Crippen molar-refractivity contribution >= 4 is 17.7 Å². The Kier molecular flexibility index (Phi) is 7.23. The first-order chi connectivity index (χ1) is 11.9. The third-order valence-electron chi connectivity index (χ3n) is 5.63. The zero-order chi connectivity index (χ0) is 18.4. The van der Waals surface area contributed by atoms with Crippen molar-refractivity contribution < 1.29 is 14.4 Å². The second-order valence-electron chi connectivity index (χ2n) is 7.47. The zero-order valence-corrected chi connectivity index (χ0v) is 15.4. The number of nitrogens with zero attached hydrogens (tertiary/aromatic N) is 1. The fraction of sp³-hybridized carbons (Fsp3) is 0.833. The minimum Gasteiger partial charge on any atom is -0.356 e. The molecule has 0 unspecified atom stereocenters. The molecule has 25 heavy (non-hydrogen) atoms. The van der Waals surface area contributed by atoms with E-state index in [-0.39, 0.29) is 29.7 Å². The van der Waals surface area contributed by atoms with E-state index in [0.717, 1.165) is 38.5 Å². The Bertz CT molecular complexity index is 485. The molecule has 0 spiro atoms. The van der Waals surface area contributed by atoms with E-state index in [1.165, 1.54) is 13.3 Å². The highest BCUT2D eigenvalue weighted by atomic mass is 16.2. The van der Waals surface area contributed by atoms with Gasteiger partial charge in [0.1, 0.15) is 0 Å². The van der Waals surface area contributed by atoms with Crippen LogP contribution in [0.2, 0.25) is 0 Å². The minimum atomic E-state index is -0.429. The molecule has 0 saturated heterocycles. The first kappa shape index (κ1) is 19.7. The minimum absolute atomic E-state index is 0.0395. The number of likely N-dealkylation sites (N-methyl/N-ethyl adjacent to an activating group) is 1. The predicted molar refractivity (Wildman–Crippen MR) is 95.6 cm³/mol.